The van der Waals surface area contributed by atoms with Crippen molar-refractivity contribution in [1.29, 1.82) is 0 Å². The summed E-state index contributed by atoms with van der Waals surface area (Å²) >= 11 is 7.67. The molecule has 0 aliphatic rings. The molecule has 8 nitrogen and oxygen atoms in total. The second-order valence-corrected chi connectivity index (χ2v) is 11.0. The molecule has 2 aromatic carbocycles. The first kappa shape index (κ1) is 27.1. The molecule has 194 valence electrons. The second-order valence-electron chi connectivity index (χ2n) is 8.94. The van der Waals surface area contributed by atoms with E-state index in [0.717, 1.165) is 41.5 Å². The molecule has 0 spiro atoms. The summed E-state index contributed by atoms with van der Waals surface area (Å²) in [7, 11) is 0. The van der Waals surface area contributed by atoms with Gasteiger partial charge in [-0.2, -0.15) is 0 Å². The number of aliphatic hydroxyl groups excluding tert-OH is 1. The lowest BCUT2D eigenvalue weighted by atomic mass is 10.0. The molecule has 4 rings (SSSR count). The molecule has 0 fully saturated rings. The topological polar surface area (TPSA) is 120 Å². The molecule has 4 aromatic rings. The Morgan fingerprint density at radius 1 is 1.05 bits per heavy atom. The zero-order valence-corrected chi connectivity index (χ0v) is 22.2. The standard InChI is InChI=1S/C27H29ClN4O4S/c1-27(2,25(34)35)37-26-30-22-15-21(28)23(31-24(22)32-26)20-9-7-19(8-10-20)18-5-3-17(4-6-18)16-29-11-13-36-14-12-33/h3-10,15,29,33H,11-14,16H2,1-2H3,(H,34,35)(H,30,31,32). The molecule has 0 aliphatic carbocycles. The number of hydrogen-bond donors (Lipinski definition) is 4. The summed E-state index contributed by atoms with van der Waals surface area (Å²) in [6.07, 6.45) is 0. The molecule has 0 unspecified atom stereocenters. The number of fused-ring (bicyclic) bond motifs is 1. The molecule has 0 atom stereocenters. The smallest absolute Gasteiger partial charge is 0.319 e. The van der Waals surface area contributed by atoms with Crippen LogP contribution in [0.4, 0.5) is 0 Å². The molecule has 37 heavy (non-hydrogen) atoms. The van der Waals surface area contributed by atoms with Crippen LogP contribution in [0, 0.1) is 0 Å². The number of imidazole rings is 1. The summed E-state index contributed by atoms with van der Waals surface area (Å²) in [6.45, 7) is 5.70. The third-order valence-corrected chi connectivity index (χ3v) is 7.07. The van der Waals surface area contributed by atoms with E-state index < -0.39 is 10.7 Å². The quantitative estimate of drug-likeness (QED) is 0.146. The van der Waals surface area contributed by atoms with Crippen molar-refractivity contribution in [2.45, 2.75) is 30.3 Å². The highest BCUT2D eigenvalue weighted by Gasteiger charge is 2.30. The van der Waals surface area contributed by atoms with Crippen LogP contribution in [0.5, 0.6) is 0 Å². The number of pyridine rings is 1. The fraction of sp³-hybridized carbons (Fsp3) is 0.296. The van der Waals surface area contributed by atoms with Gasteiger partial charge in [0.15, 0.2) is 10.8 Å². The first-order valence-electron chi connectivity index (χ1n) is 11.8. The Morgan fingerprint density at radius 2 is 1.70 bits per heavy atom. The molecule has 0 amide bonds. The largest absolute Gasteiger partial charge is 0.480 e. The van der Waals surface area contributed by atoms with Gasteiger partial charge < -0.3 is 25.3 Å². The van der Waals surface area contributed by atoms with E-state index in [1.54, 1.807) is 19.9 Å². The molecule has 0 radical (unpaired) electrons. The SMILES string of the molecule is CC(C)(Sc1nc2nc(-c3ccc(-c4ccc(CNCCOCCO)cc4)cc3)c(Cl)cc2[nH]1)C(=O)O. The summed E-state index contributed by atoms with van der Waals surface area (Å²) in [5.41, 5.74) is 5.97. The van der Waals surface area contributed by atoms with Gasteiger partial charge >= 0.3 is 5.97 Å². The average molecular weight is 541 g/mol. The normalized spacial score (nSPS) is 11.8. The van der Waals surface area contributed by atoms with Crippen molar-refractivity contribution in [3.63, 3.8) is 0 Å². The third-order valence-electron chi connectivity index (χ3n) is 5.71. The maximum atomic E-state index is 11.5. The lowest BCUT2D eigenvalue weighted by molar-refractivity contribution is -0.138. The van der Waals surface area contributed by atoms with Crippen molar-refractivity contribution >= 4 is 40.5 Å². The Morgan fingerprint density at radius 3 is 2.35 bits per heavy atom. The summed E-state index contributed by atoms with van der Waals surface area (Å²) in [6, 6.07) is 18.2. The Bertz CT molecular complexity index is 1360. The number of halogens is 1. The number of thioether (sulfide) groups is 1. The van der Waals surface area contributed by atoms with Gasteiger partial charge in [-0.1, -0.05) is 71.9 Å². The number of aromatic amines is 1. The Hall–Kier alpha value is -2.95. The molecule has 10 heteroatoms. The Labute approximate surface area is 224 Å². The first-order valence-corrected chi connectivity index (χ1v) is 13.0. The number of hydrogen-bond acceptors (Lipinski definition) is 7. The van der Waals surface area contributed by atoms with Gasteiger partial charge in [-0.15, -0.1) is 0 Å². The number of nitrogens with one attached hydrogen (secondary N) is 2. The van der Waals surface area contributed by atoms with Crippen LogP contribution in [0.1, 0.15) is 19.4 Å². The van der Waals surface area contributed by atoms with Crippen molar-refractivity contribution in [2.24, 2.45) is 0 Å². The maximum Gasteiger partial charge on any atom is 0.319 e. The minimum Gasteiger partial charge on any atom is -0.480 e. The minimum atomic E-state index is -1.03. The Kier molecular flexibility index (Phi) is 8.83. The molecule has 0 bridgehead atoms. The van der Waals surface area contributed by atoms with Crippen molar-refractivity contribution in [3.8, 4) is 22.4 Å². The van der Waals surface area contributed by atoms with E-state index in [1.807, 2.05) is 24.3 Å². The molecule has 0 saturated heterocycles. The lowest BCUT2D eigenvalue weighted by Gasteiger charge is -2.15. The van der Waals surface area contributed by atoms with Crippen LogP contribution < -0.4 is 5.32 Å². The third kappa shape index (κ3) is 6.88. The van der Waals surface area contributed by atoms with Crippen molar-refractivity contribution < 1.29 is 19.7 Å². The van der Waals surface area contributed by atoms with Gasteiger partial charge in [0.2, 0.25) is 0 Å². The number of carboxylic acid groups (broad SMARTS) is 1. The van der Waals surface area contributed by atoms with Crippen LogP contribution in [0.3, 0.4) is 0 Å². The summed E-state index contributed by atoms with van der Waals surface area (Å²) in [4.78, 5) is 23.7. The predicted octanol–water partition coefficient (Wildman–Crippen LogP) is 5.00. The van der Waals surface area contributed by atoms with Crippen molar-refractivity contribution in [1.82, 2.24) is 20.3 Å². The number of rotatable bonds is 12. The average Bonchev–Trinajstić information content (AvgIpc) is 3.26. The summed E-state index contributed by atoms with van der Waals surface area (Å²) in [5.74, 6) is -0.920. The Balaban J connectivity index is 1.44. The molecule has 4 N–H and O–H groups in total. The number of aliphatic hydroxyl groups is 1. The van der Waals surface area contributed by atoms with Crippen molar-refractivity contribution in [3.05, 3.63) is 65.2 Å². The van der Waals surface area contributed by atoms with E-state index in [1.165, 1.54) is 5.56 Å². The number of benzene rings is 2. The number of aliphatic carboxylic acids is 1. The van der Waals surface area contributed by atoms with Gasteiger partial charge in [-0.3, -0.25) is 4.79 Å². The number of nitrogens with zero attached hydrogens (tertiary/aromatic N) is 2. The van der Waals surface area contributed by atoms with Gasteiger partial charge in [-0.05, 0) is 36.6 Å². The van der Waals surface area contributed by atoms with Gasteiger partial charge in [0.25, 0.3) is 0 Å². The van der Waals surface area contributed by atoms with Crippen LogP contribution >= 0.6 is 23.4 Å². The van der Waals surface area contributed by atoms with Crippen LogP contribution in [0.25, 0.3) is 33.5 Å². The van der Waals surface area contributed by atoms with Gasteiger partial charge in [0.05, 0.1) is 36.1 Å². The van der Waals surface area contributed by atoms with E-state index in [-0.39, 0.29) is 6.61 Å². The fourth-order valence-electron chi connectivity index (χ4n) is 3.61. The zero-order valence-electron chi connectivity index (χ0n) is 20.6. The molecule has 2 heterocycles. The number of H-pyrrole nitrogens is 1. The van der Waals surface area contributed by atoms with E-state index in [2.05, 4.69) is 44.5 Å². The summed E-state index contributed by atoms with van der Waals surface area (Å²) < 4.78 is 4.22. The van der Waals surface area contributed by atoms with Crippen LogP contribution in [-0.4, -0.2) is 62.2 Å². The van der Waals surface area contributed by atoms with Gasteiger partial charge in [-0.25, -0.2) is 9.97 Å². The molecule has 0 saturated carbocycles. The van der Waals surface area contributed by atoms with E-state index in [9.17, 15) is 9.90 Å². The first-order chi connectivity index (χ1) is 17.8. The monoisotopic (exact) mass is 540 g/mol. The van der Waals surface area contributed by atoms with Crippen molar-refractivity contribution in [2.75, 3.05) is 26.4 Å². The number of carbonyl (C=O) groups is 1. The minimum absolute atomic E-state index is 0.0419. The molecule has 0 aliphatic heterocycles. The maximum absolute atomic E-state index is 11.5. The van der Waals surface area contributed by atoms with E-state index >= 15 is 0 Å². The lowest BCUT2D eigenvalue weighted by Crippen LogP contribution is -2.27. The van der Waals surface area contributed by atoms with Gasteiger partial charge in [0.1, 0.15) is 4.75 Å². The summed E-state index contributed by atoms with van der Waals surface area (Å²) in [5, 5.41) is 22.4. The highest BCUT2D eigenvalue weighted by atomic mass is 35.5. The molecular weight excluding hydrogens is 512 g/mol. The predicted molar refractivity (Wildman–Crippen MR) is 147 cm³/mol. The number of aromatic nitrogens is 3. The van der Waals surface area contributed by atoms with Crippen LogP contribution in [0.15, 0.2) is 59.8 Å². The van der Waals surface area contributed by atoms with E-state index in [4.69, 9.17) is 21.4 Å². The van der Waals surface area contributed by atoms with Crippen LogP contribution in [-0.2, 0) is 16.1 Å². The highest BCUT2D eigenvalue weighted by molar-refractivity contribution is 8.01. The molecule has 2 aromatic heterocycles. The zero-order chi connectivity index (χ0) is 26.4. The number of ether oxygens (including phenoxy) is 1. The highest BCUT2D eigenvalue weighted by Crippen LogP contribution is 2.34. The van der Waals surface area contributed by atoms with Gasteiger partial charge in [0, 0.05) is 18.7 Å². The van der Waals surface area contributed by atoms with Crippen LogP contribution in [0.2, 0.25) is 5.02 Å². The fourth-order valence-corrected chi connectivity index (χ4v) is 4.74. The second kappa shape index (κ2) is 12.1. The number of carboxylic acids is 1. The molecular formula is C27H29ClN4O4S. The van der Waals surface area contributed by atoms with E-state index in [0.29, 0.717) is 40.3 Å².